The number of pyridine rings is 2. The van der Waals surface area contributed by atoms with Crippen molar-refractivity contribution in [3.05, 3.63) is 60.2 Å². The van der Waals surface area contributed by atoms with E-state index in [4.69, 9.17) is 0 Å². The van der Waals surface area contributed by atoms with Gasteiger partial charge in [0.2, 0.25) is 0 Å². The van der Waals surface area contributed by atoms with E-state index >= 15 is 0 Å². The van der Waals surface area contributed by atoms with Crippen molar-refractivity contribution in [3.63, 3.8) is 0 Å². The summed E-state index contributed by atoms with van der Waals surface area (Å²) in [6, 6.07) is 6.63. The van der Waals surface area contributed by atoms with Crippen molar-refractivity contribution in [2.75, 3.05) is 0 Å². The monoisotopic (exact) mass is 282 g/mol. The van der Waals surface area contributed by atoms with Crippen molar-refractivity contribution >= 4 is 11.6 Å². The Morgan fingerprint density at radius 1 is 1.24 bits per heavy atom. The number of carbonyl (C=O) groups excluding carboxylic acids is 1. The summed E-state index contributed by atoms with van der Waals surface area (Å²) in [5, 5.41) is 16.3. The zero-order valence-electron chi connectivity index (χ0n) is 11.5. The van der Waals surface area contributed by atoms with Gasteiger partial charge in [-0.2, -0.15) is 10.1 Å². The maximum absolute atomic E-state index is 12.6. The lowest BCUT2D eigenvalue weighted by Crippen LogP contribution is -2.43. The molecule has 0 radical (unpaired) electrons. The Balaban J connectivity index is 2.01. The summed E-state index contributed by atoms with van der Waals surface area (Å²) in [5.41, 5.74) is 0.140. The molecule has 3 heterocycles. The van der Waals surface area contributed by atoms with Gasteiger partial charge in [-0.05, 0) is 25.1 Å². The van der Waals surface area contributed by atoms with Gasteiger partial charge in [-0.3, -0.25) is 14.8 Å². The molecular formula is C15H14N4O2. The lowest BCUT2D eigenvalue weighted by atomic mass is 9.99. The second-order valence-electron chi connectivity index (χ2n) is 4.92. The minimum atomic E-state index is -1.50. The van der Waals surface area contributed by atoms with Crippen molar-refractivity contribution < 1.29 is 9.90 Å². The van der Waals surface area contributed by atoms with E-state index < -0.39 is 5.72 Å². The molecule has 0 aliphatic carbocycles. The lowest BCUT2D eigenvalue weighted by molar-refractivity contribution is -0.0767. The highest BCUT2D eigenvalue weighted by atomic mass is 16.3. The number of nitrogens with zero attached hydrogens (tertiary/aromatic N) is 4. The van der Waals surface area contributed by atoms with E-state index in [9.17, 15) is 9.90 Å². The molecule has 106 valence electrons. The molecule has 1 amide bonds. The summed E-state index contributed by atoms with van der Waals surface area (Å²) < 4.78 is 0. The molecule has 2 aromatic rings. The average Bonchev–Trinajstić information content (AvgIpc) is 2.84. The molecule has 1 aliphatic heterocycles. The fraction of sp³-hybridized carbons (Fsp3) is 0.200. The van der Waals surface area contributed by atoms with Crippen LogP contribution < -0.4 is 0 Å². The Morgan fingerprint density at radius 3 is 2.67 bits per heavy atom. The van der Waals surface area contributed by atoms with Gasteiger partial charge in [0.15, 0.2) is 5.72 Å². The Labute approximate surface area is 121 Å². The molecule has 0 unspecified atom stereocenters. The first kappa shape index (κ1) is 13.4. The zero-order chi connectivity index (χ0) is 14.9. The quantitative estimate of drug-likeness (QED) is 0.906. The van der Waals surface area contributed by atoms with Crippen LogP contribution in [0, 0.1) is 0 Å². The molecule has 0 fully saturated rings. The maximum Gasteiger partial charge on any atom is 0.277 e. The second-order valence-corrected chi connectivity index (χ2v) is 4.92. The van der Waals surface area contributed by atoms with Crippen molar-refractivity contribution in [3.8, 4) is 0 Å². The zero-order valence-corrected chi connectivity index (χ0v) is 11.5. The first-order valence-corrected chi connectivity index (χ1v) is 6.53. The number of carbonyl (C=O) groups is 1. The first-order valence-electron chi connectivity index (χ1n) is 6.53. The van der Waals surface area contributed by atoms with Gasteiger partial charge in [-0.25, -0.2) is 0 Å². The highest BCUT2D eigenvalue weighted by Crippen LogP contribution is 2.35. The molecule has 3 rings (SSSR count). The predicted molar refractivity (Wildman–Crippen MR) is 76.3 cm³/mol. The summed E-state index contributed by atoms with van der Waals surface area (Å²) in [6.45, 7) is 1.78. The normalized spacial score (nSPS) is 21.2. The number of amides is 1. The first-order chi connectivity index (χ1) is 10.1. The number of aliphatic hydroxyl groups is 1. The van der Waals surface area contributed by atoms with E-state index in [1.807, 2.05) is 0 Å². The van der Waals surface area contributed by atoms with Crippen LogP contribution in [0.25, 0.3) is 0 Å². The highest BCUT2D eigenvalue weighted by Gasteiger charge is 2.45. The molecule has 1 N–H and O–H groups in total. The largest absolute Gasteiger partial charge is 0.365 e. The van der Waals surface area contributed by atoms with Gasteiger partial charge < -0.3 is 5.11 Å². The molecule has 2 aromatic heterocycles. The van der Waals surface area contributed by atoms with Crippen molar-refractivity contribution in [2.45, 2.75) is 19.1 Å². The number of hydrazone groups is 1. The Hall–Kier alpha value is -2.60. The van der Waals surface area contributed by atoms with E-state index in [0.29, 0.717) is 16.8 Å². The molecule has 0 bridgehead atoms. The number of aromatic nitrogens is 2. The summed E-state index contributed by atoms with van der Waals surface area (Å²) in [6.07, 6.45) is 6.48. The molecule has 21 heavy (non-hydrogen) atoms. The van der Waals surface area contributed by atoms with Crippen LogP contribution in [0.3, 0.4) is 0 Å². The van der Waals surface area contributed by atoms with E-state index in [2.05, 4.69) is 15.1 Å². The molecule has 0 saturated carbocycles. The molecule has 6 nitrogen and oxygen atoms in total. The molecule has 6 heteroatoms. The Bertz CT molecular complexity index is 687. The third-order valence-corrected chi connectivity index (χ3v) is 3.37. The molecular weight excluding hydrogens is 268 g/mol. The Morgan fingerprint density at radius 2 is 2.00 bits per heavy atom. The van der Waals surface area contributed by atoms with Gasteiger partial charge >= 0.3 is 0 Å². The average molecular weight is 282 g/mol. The van der Waals surface area contributed by atoms with Crippen LogP contribution in [0.5, 0.6) is 0 Å². The van der Waals surface area contributed by atoms with Crippen LogP contribution in [0.15, 0.2) is 54.2 Å². The van der Waals surface area contributed by atoms with Gasteiger partial charge in [0.25, 0.3) is 5.91 Å². The SMILES string of the molecule is CC1=NN(C(=O)c2ccncc2)[C@](O)(c2cccnc2)C1. The minimum absolute atomic E-state index is 0.259. The topological polar surface area (TPSA) is 78.7 Å². The third kappa shape index (κ3) is 2.30. The maximum atomic E-state index is 12.6. The van der Waals surface area contributed by atoms with Gasteiger partial charge in [-0.15, -0.1) is 0 Å². The number of rotatable bonds is 2. The van der Waals surface area contributed by atoms with E-state index in [1.165, 1.54) is 12.4 Å². The number of hydrogen-bond donors (Lipinski definition) is 1. The van der Waals surface area contributed by atoms with E-state index in [0.717, 1.165) is 5.01 Å². The summed E-state index contributed by atoms with van der Waals surface area (Å²) in [4.78, 5) is 20.5. The second kappa shape index (κ2) is 5.06. The van der Waals surface area contributed by atoms with Gasteiger partial charge in [0, 0.05) is 48.0 Å². The molecule has 1 atom stereocenters. The van der Waals surface area contributed by atoms with E-state index in [1.54, 1.807) is 43.6 Å². The molecule has 1 aliphatic rings. The smallest absolute Gasteiger partial charge is 0.277 e. The van der Waals surface area contributed by atoms with Gasteiger partial charge in [-0.1, -0.05) is 6.07 Å². The molecule has 0 spiro atoms. The summed E-state index contributed by atoms with van der Waals surface area (Å²) in [7, 11) is 0. The standard InChI is InChI=1S/C15H14N4O2/c1-11-9-15(21,13-3-2-6-17-10-13)19(18-11)14(20)12-4-7-16-8-5-12/h2-8,10,21H,9H2,1H3/t15-/m1/s1. The molecule has 0 saturated heterocycles. The fourth-order valence-corrected chi connectivity index (χ4v) is 2.37. The van der Waals surface area contributed by atoms with Gasteiger partial charge in [0.05, 0.1) is 0 Å². The summed E-state index contributed by atoms with van der Waals surface area (Å²) in [5.74, 6) is -0.374. The van der Waals surface area contributed by atoms with E-state index in [-0.39, 0.29) is 12.3 Å². The number of hydrogen-bond acceptors (Lipinski definition) is 5. The van der Waals surface area contributed by atoms with Crippen LogP contribution in [-0.4, -0.2) is 31.7 Å². The van der Waals surface area contributed by atoms with Crippen LogP contribution in [-0.2, 0) is 5.72 Å². The van der Waals surface area contributed by atoms with Crippen LogP contribution >= 0.6 is 0 Å². The third-order valence-electron chi connectivity index (χ3n) is 3.37. The highest BCUT2D eigenvalue weighted by molar-refractivity contribution is 5.97. The van der Waals surface area contributed by atoms with Gasteiger partial charge in [0.1, 0.15) is 0 Å². The van der Waals surface area contributed by atoms with Crippen molar-refractivity contribution in [1.82, 2.24) is 15.0 Å². The van der Waals surface area contributed by atoms with Crippen LogP contribution in [0.2, 0.25) is 0 Å². The van der Waals surface area contributed by atoms with Crippen LogP contribution in [0.4, 0.5) is 0 Å². The lowest BCUT2D eigenvalue weighted by Gasteiger charge is -2.31. The molecule has 0 aromatic carbocycles. The van der Waals surface area contributed by atoms with Crippen molar-refractivity contribution in [2.24, 2.45) is 5.10 Å². The van der Waals surface area contributed by atoms with Crippen LogP contribution in [0.1, 0.15) is 29.3 Å². The minimum Gasteiger partial charge on any atom is -0.365 e. The van der Waals surface area contributed by atoms with Crippen molar-refractivity contribution in [1.29, 1.82) is 0 Å². The predicted octanol–water partition coefficient (Wildman–Crippen LogP) is 1.54. The summed E-state index contributed by atoms with van der Waals surface area (Å²) >= 11 is 0. The Kier molecular flexibility index (Phi) is 3.23. The fourth-order valence-electron chi connectivity index (χ4n) is 2.37.